The summed E-state index contributed by atoms with van der Waals surface area (Å²) in [6.07, 6.45) is 3.23. The summed E-state index contributed by atoms with van der Waals surface area (Å²) in [5.74, 6) is 6.31. The molecule has 0 radical (unpaired) electrons. The van der Waals surface area contributed by atoms with Gasteiger partial charge in [-0.1, -0.05) is 23.6 Å². The van der Waals surface area contributed by atoms with E-state index in [9.17, 15) is 4.79 Å². The minimum absolute atomic E-state index is 0.110. The molecule has 4 aromatic rings. The molecule has 26 heavy (non-hydrogen) atoms. The summed E-state index contributed by atoms with van der Waals surface area (Å²) in [7, 11) is 0. The Morgan fingerprint density at radius 2 is 2.00 bits per heavy atom. The second-order valence-electron chi connectivity index (χ2n) is 5.74. The summed E-state index contributed by atoms with van der Waals surface area (Å²) in [5.41, 5.74) is 2.43. The molecule has 0 aliphatic rings. The zero-order valence-electron chi connectivity index (χ0n) is 14.3. The van der Waals surface area contributed by atoms with Crippen molar-refractivity contribution in [3.8, 4) is 23.3 Å². The van der Waals surface area contributed by atoms with E-state index < -0.39 is 0 Å². The summed E-state index contributed by atoms with van der Waals surface area (Å²) < 4.78 is 7.86. The lowest BCUT2D eigenvalue weighted by Gasteiger charge is -2.06. The summed E-state index contributed by atoms with van der Waals surface area (Å²) in [6.45, 7) is 4.06. The van der Waals surface area contributed by atoms with Crippen LogP contribution >= 0.6 is 11.3 Å². The maximum Gasteiger partial charge on any atom is 0.275 e. The van der Waals surface area contributed by atoms with Gasteiger partial charge in [-0.15, -0.1) is 17.3 Å². The number of thiophene rings is 1. The van der Waals surface area contributed by atoms with Crippen LogP contribution in [0, 0.1) is 18.8 Å². The van der Waals surface area contributed by atoms with Crippen molar-refractivity contribution in [3.05, 3.63) is 58.8 Å². The molecule has 0 aliphatic carbocycles. The first-order chi connectivity index (χ1) is 12.7. The van der Waals surface area contributed by atoms with Crippen LogP contribution in [0.4, 0.5) is 0 Å². The minimum Gasteiger partial charge on any atom is -0.480 e. The van der Waals surface area contributed by atoms with Gasteiger partial charge in [-0.05, 0) is 32.0 Å². The Labute approximate surface area is 153 Å². The van der Waals surface area contributed by atoms with Gasteiger partial charge in [0.15, 0.2) is 0 Å². The number of rotatable bonds is 3. The van der Waals surface area contributed by atoms with E-state index in [4.69, 9.17) is 4.74 Å². The van der Waals surface area contributed by atoms with Crippen molar-refractivity contribution in [3.63, 3.8) is 0 Å². The number of aromatic nitrogens is 3. The molecule has 128 valence electrons. The van der Waals surface area contributed by atoms with Crippen LogP contribution < -0.4 is 10.3 Å². The summed E-state index contributed by atoms with van der Waals surface area (Å²) >= 11 is 1.33. The van der Waals surface area contributed by atoms with Crippen molar-refractivity contribution in [2.24, 2.45) is 0 Å². The number of hydrogen-bond acceptors (Lipinski definition) is 5. The van der Waals surface area contributed by atoms with Gasteiger partial charge in [0.25, 0.3) is 5.56 Å². The van der Waals surface area contributed by atoms with Crippen LogP contribution in [0.25, 0.3) is 26.1 Å². The number of aryl methyl sites for hydroxylation is 1. The molecule has 0 bridgehead atoms. The Morgan fingerprint density at radius 3 is 2.77 bits per heavy atom. The second-order valence-corrected chi connectivity index (χ2v) is 6.74. The summed E-state index contributed by atoms with van der Waals surface area (Å²) in [5, 5.41) is 0.763. The first-order valence-electron chi connectivity index (χ1n) is 8.07. The van der Waals surface area contributed by atoms with Crippen LogP contribution in [0.2, 0.25) is 0 Å². The fraction of sp³-hybridized carbons (Fsp3) is 0.150. The lowest BCUT2D eigenvalue weighted by atomic mass is 10.2. The normalized spacial score (nSPS) is 10.7. The van der Waals surface area contributed by atoms with Crippen molar-refractivity contribution in [1.82, 2.24) is 14.5 Å². The third-order valence-corrected chi connectivity index (χ3v) is 5.11. The Balaban J connectivity index is 1.91. The van der Waals surface area contributed by atoms with Crippen molar-refractivity contribution in [1.29, 1.82) is 0 Å². The van der Waals surface area contributed by atoms with Crippen molar-refractivity contribution >= 4 is 31.8 Å². The largest absolute Gasteiger partial charge is 0.480 e. The third-order valence-electron chi connectivity index (χ3n) is 4.03. The molecular weight excluding hydrogens is 346 g/mol. The van der Waals surface area contributed by atoms with Crippen LogP contribution in [0.3, 0.4) is 0 Å². The number of fused-ring (bicyclic) bond motifs is 3. The predicted molar refractivity (Wildman–Crippen MR) is 104 cm³/mol. The van der Waals surface area contributed by atoms with E-state index in [2.05, 4.69) is 21.8 Å². The average molecular weight is 361 g/mol. The number of benzene rings is 1. The number of ether oxygens (including phenoxy) is 1. The number of nitrogens with zero attached hydrogens (tertiary/aromatic N) is 3. The van der Waals surface area contributed by atoms with Gasteiger partial charge < -0.3 is 4.74 Å². The standard InChI is InChI=1S/C20H15N3O2S/c1-3-4-11-25-15-9-10-21-19-16(15)17-18(26-19)20(24)23(12-22-17)14-7-5-13(2)6-8-14/h5-10,12H,11H2,1-2H3. The topological polar surface area (TPSA) is 57.0 Å². The second kappa shape index (κ2) is 6.62. The molecule has 5 nitrogen and oxygen atoms in total. The molecule has 3 heterocycles. The monoisotopic (exact) mass is 361 g/mol. The minimum atomic E-state index is -0.110. The van der Waals surface area contributed by atoms with Gasteiger partial charge >= 0.3 is 0 Å². The maximum absolute atomic E-state index is 13.0. The lowest BCUT2D eigenvalue weighted by Crippen LogP contribution is -2.17. The van der Waals surface area contributed by atoms with Gasteiger partial charge in [-0.2, -0.15) is 0 Å². The SMILES string of the molecule is CC#CCOc1ccnc2sc3c(=O)n(-c4ccc(C)cc4)cnc3c12. The van der Waals surface area contributed by atoms with Crippen LogP contribution in [-0.2, 0) is 0 Å². The molecule has 0 fully saturated rings. The maximum atomic E-state index is 13.0. The summed E-state index contributed by atoms with van der Waals surface area (Å²) in [4.78, 5) is 22.6. The van der Waals surface area contributed by atoms with Gasteiger partial charge in [0, 0.05) is 6.20 Å². The van der Waals surface area contributed by atoms with E-state index in [0.29, 0.717) is 16.0 Å². The summed E-state index contributed by atoms with van der Waals surface area (Å²) in [6, 6.07) is 9.54. The smallest absolute Gasteiger partial charge is 0.275 e. The fourth-order valence-corrected chi connectivity index (χ4v) is 3.76. The Kier molecular flexibility index (Phi) is 4.15. The molecule has 0 saturated heterocycles. The van der Waals surface area contributed by atoms with Crippen molar-refractivity contribution in [2.75, 3.05) is 6.61 Å². The van der Waals surface area contributed by atoms with Crippen molar-refractivity contribution < 1.29 is 4.74 Å². The van der Waals surface area contributed by atoms with Crippen LogP contribution in [-0.4, -0.2) is 21.1 Å². The molecule has 0 atom stereocenters. The zero-order chi connectivity index (χ0) is 18.1. The van der Waals surface area contributed by atoms with Gasteiger partial charge in [-0.3, -0.25) is 9.36 Å². The molecular formula is C20H15N3O2S. The van der Waals surface area contributed by atoms with E-state index in [1.165, 1.54) is 11.3 Å². The van der Waals surface area contributed by atoms with E-state index in [1.54, 1.807) is 30.1 Å². The lowest BCUT2D eigenvalue weighted by molar-refractivity contribution is 0.374. The van der Waals surface area contributed by atoms with Gasteiger partial charge in [0.1, 0.15) is 33.7 Å². The molecule has 1 aromatic carbocycles. The quantitative estimate of drug-likeness (QED) is 0.522. The van der Waals surface area contributed by atoms with Crippen LogP contribution in [0.5, 0.6) is 5.75 Å². The first-order valence-corrected chi connectivity index (χ1v) is 8.89. The molecule has 0 unspecified atom stereocenters. The number of hydrogen-bond donors (Lipinski definition) is 0. The van der Waals surface area contributed by atoms with Crippen LogP contribution in [0.1, 0.15) is 12.5 Å². The molecule has 0 saturated carbocycles. The van der Waals surface area contributed by atoms with Crippen LogP contribution in [0.15, 0.2) is 47.7 Å². The van der Waals surface area contributed by atoms with Gasteiger partial charge in [0.2, 0.25) is 0 Å². The van der Waals surface area contributed by atoms with E-state index in [0.717, 1.165) is 21.5 Å². The molecule has 0 amide bonds. The molecule has 0 N–H and O–H groups in total. The predicted octanol–water partition coefficient (Wildman–Crippen LogP) is 3.71. The highest BCUT2D eigenvalue weighted by atomic mass is 32.1. The third kappa shape index (κ3) is 2.72. The molecule has 0 aliphatic heterocycles. The molecule has 4 rings (SSSR count). The van der Waals surface area contributed by atoms with E-state index in [1.807, 2.05) is 31.2 Å². The highest BCUT2D eigenvalue weighted by molar-refractivity contribution is 7.25. The molecule has 6 heteroatoms. The Morgan fingerprint density at radius 1 is 1.19 bits per heavy atom. The Bertz CT molecular complexity index is 1230. The molecule has 0 spiro atoms. The van der Waals surface area contributed by atoms with Crippen molar-refractivity contribution in [2.45, 2.75) is 13.8 Å². The highest BCUT2D eigenvalue weighted by Gasteiger charge is 2.16. The first kappa shape index (κ1) is 16.3. The van der Waals surface area contributed by atoms with E-state index >= 15 is 0 Å². The fourth-order valence-electron chi connectivity index (χ4n) is 2.72. The van der Waals surface area contributed by atoms with Gasteiger partial charge in [0.05, 0.1) is 11.1 Å². The zero-order valence-corrected chi connectivity index (χ0v) is 15.1. The van der Waals surface area contributed by atoms with Gasteiger partial charge in [-0.25, -0.2) is 9.97 Å². The number of pyridine rings is 1. The van der Waals surface area contributed by atoms with E-state index in [-0.39, 0.29) is 12.2 Å². The Hall–Kier alpha value is -3.17. The highest BCUT2D eigenvalue weighted by Crippen LogP contribution is 2.35. The average Bonchev–Trinajstić information content (AvgIpc) is 3.04. The molecule has 3 aromatic heterocycles.